The fourth-order valence-electron chi connectivity index (χ4n) is 1.74. The quantitative estimate of drug-likeness (QED) is 0.492. The summed E-state index contributed by atoms with van der Waals surface area (Å²) in [7, 11) is 0. The lowest BCUT2D eigenvalue weighted by molar-refractivity contribution is 0.507. The number of hydrogen-bond acceptors (Lipinski definition) is 0. The number of aryl methyl sites for hydroxylation is 1. The maximum atomic E-state index is 13.9. The molecule has 19 heavy (non-hydrogen) atoms. The molecule has 0 heterocycles. The highest BCUT2D eigenvalue weighted by Crippen LogP contribution is 2.37. The van der Waals surface area contributed by atoms with Crippen molar-refractivity contribution in [1.82, 2.24) is 0 Å². The minimum absolute atomic E-state index is 0.0424. The molecule has 0 aliphatic rings. The second-order valence-electron chi connectivity index (χ2n) is 4.18. The summed E-state index contributed by atoms with van der Waals surface area (Å²) in [6.07, 6.45) is 0. The van der Waals surface area contributed by atoms with Crippen LogP contribution in [-0.4, -0.2) is 0 Å². The van der Waals surface area contributed by atoms with Crippen LogP contribution in [0.1, 0.15) is 21.5 Å². The molecule has 0 radical (unpaired) electrons. The Balaban J connectivity index is 2.49. The molecule has 0 aliphatic heterocycles. The normalized spacial score (nSPS) is 12.5. The molecule has 1 atom stereocenters. The molecule has 0 spiro atoms. The van der Waals surface area contributed by atoms with Gasteiger partial charge < -0.3 is 0 Å². The Bertz CT molecular complexity index is 628. The topological polar surface area (TPSA) is 0 Å². The van der Waals surface area contributed by atoms with Gasteiger partial charge in [0, 0.05) is 10.6 Å². The van der Waals surface area contributed by atoms with E-state index in [9.17, 15) is 13.2 Å². The average Bonchev–Trinajstić information content (AvgIpc) is 2.33. The fourth-order valence-corrected chi connectivity index (χ4v) is 2.88. The van der Waals surface area contributed by atoms with Gasteiger partial charge in [0.1, 0.15) is 5.82 Å². The van der Waals surface area contributed by atoms with Crippen LogP contribution in [0.25, 0.3) is 0 Å². The van der Waals surface area contributed by atoms with Gasteiger partial charge in [0.2, 0.25) is 0 Å². The van der Waals surface area contributed by atoms with Crippen molar-refractivity contribution in [2.45, 2.75) is 11.8 Å². The summed E-state index contributed by atoms with van der Waals surface area (Å²) in [6.45, 7) is 1.76. The van der Waals surface area contributed by atoms with E-state index in [1.165, 1.54) is 6.07 Å². The molecule has 0 bridgehead atoms. The first kappa shape index (κ1) is 14.4. The van der Waals surface area contributed by atoms with E-state index in [2.05, 4.69) is 15.9 Å². The first-order valence-corrected chi connectivity index (χ1v) is 6.74. The monoisotopic (exact) mass is 348 g/mol. The molecular formula is C14H9BrClF3. The lowest BCUT2D eigenvalue weighted by Gasteiger charge is -2.14. The second-order valence-corrected chi connectivity index (χ2v) is 5.50. The molecular weight excluding hydrogens is 341 g/mol. The summed E-state index contributed by atoms with van der Waals surface area (Å²) < 4.78 is 40.1. The smallest absolute Gasteiger partial charge is 0.160 e. The number of halogens is 5. The minimum Gasteiger partial charge on any atom is -0.207 e. The minimum atomic E-state index is -1.03. The Kier molecular flexibility index (Phi) is 4.21. The van der Waals surface area contributed by atoms with Gasteiger partial charge in [-0.25, -0.2) is 13.2 Å². The molecule has 0 aromatic heterocycles. The molecule has 2 rings (SSSR count). The maximum absolute atomic E-state index is 13.9. The second kappa shape index (κ2) is 5.55. The fraction of sp³-hybridized carbons (Fsp3) is 0.143. The number of rotatable bonds is 2. The van der Waals surface area contributed by atoms with Crippen LogP contribution < -0.4 is 0 Å². The highest BCUT2D eigenvalue weighted by atomic mass is 79.9. The van der Waals surface area contributed by atoms with Crippen LogP contribution in [0.5, 0.6) is 0 Å². The molecule has 0 N–H and O–H groups in total. The van der Waals surface area contributed by atoms with Crippen molar-refractivity contribution in [3.8, 4) is 0 Å². The standard InChI is InChI=1S/C14H9BrClF3/c1-7-2-3-8(11(17)4-7)14(15)9-5-12(18)13(19)6-10(9)16/h2-6,14H,1H3. The van der Waals surface area contributed by atoms with Crippen molar-refractivity contribution < 1.29 is 13.2 Å². The van der Waals surface area contributed by atoms with Crippen LogP contribution in [-0.2, 0) is 0 Å². The first-order valence-electron chi connectivity index (χ1n) is 5.44. The predicted molar refractivity (Wildman–Crippen MR) is 73.3 cm³/mol. The molecule has 0 saturated carbocycles. The molecule has 100 valence electrons. The number of benzene rings is 2. The van der Waals surface area contributed by atoms with E-state index in [0.717, 1.165) is 17.7 Å². The summed E-state index contributed by atoms with van der Waals surface area (Å²) in [5.41, 5.74) is 1.37. The summed E-state index contributed by atoms with van der Waals surface area (Å²) in [5.74, 6) is -2.48. The molecule has 0 fully saturated rings. The maximum Gasteiger partial charge on any atom is 0.160 e. The third kappa shape index (κ3) is 2.95. The predicted octanol–water partition coefficient (Wildman–Crippen LogP) is 5.55. The van der Waals surface area contributed by atoms with E-state index in [0.29, 0.717) is 5.56 Å². The SMILES string of the molecule is Cc1ccc(C(Br)c2cc(F)c(F)cc2Cl)c(F)c1. The summed E-state index contributed by atoms with van der Waals surface area (Å²) in [5, 5.41) is 0.0424. The molecule has 0 amide bonds. The Hall–Kier alpha value is -1.000. The van der Waals surface area contributed by atoms with E-state index in [-0.39, 0.29) is 10.6 Å². The van der Waals surface area contributed by atoms with Crippen molar-refractivity contribution in [2.75, 3.05) is 0 Å². The Morgan fingerprint density at radius 2 is 1.58 bits per heavy atom. The zero-order chi connectivity index (χ0) is 14.2. The van der Waals surface area contributed by atoms with Gasteiger partial charge in [0.25, 0.3) is 0 Å². The van der Waals surface area contributed by atoms with E-state index in [1.54, 1.807) is 19.1 Å². The average molecular weight is 350 g/mol. The van der Waals surface area contributed by atoms with Gasteiger partial charge in [0.15, 0.2) is 11.6 Å². The van der Waals surface area contributed by atoms with Gasteiger partial charge in [-0.15, -0.1) is 0 Å². The third-order valence-electron chi connectivity index (χ3n) is 2.74. The van der Waals surface area contributed by atoms with Crippen LogP contribution in [0, 0.1) is 24.4 Å². The summed E-state index contributed by atoms with van der Waals surface area (Å²) in [6, 6.07) is 6.54. The molecule has 2 aromatic carbocycles. The van der Waals surface area contributed by atoms with E-state index in [1.807, 2.05) is 0 Å². The van der Waals surface area contributed by atoms with Crippen LogP contribution in [0.4, 0.5) is 13.2 Å². The largest absolute Gasteiger partial charge is 0.207 e. The van der Waals surface area contributed by atoms with E-state index < -0.39 is 22.3 Å². The molecule has 2 aromatic rings. The van der Waals surface area contributed by atoms with Gasteiger partial charge in [0.05, 0.1) is 4.83 Å². The molecule has 0 nitrogen and oxygen atoms in total. The van der Waals surface area contributed by atoms with Crippen molar-refractivity contribution in [1.29, 1.82) is 0 Å². The molecule has 1 unspecified atom stereocenters. The van der Waals surface area contributed by atoms with E-state index >= 15 is 0 Å². The highest BCUT2D eigenvalue weighted by Gasteiger charge is 2.19. The Morgan fingerprint density at radius 3 is 2.21 bits per heavy atom. The summed E-state index contributed by atoms with van der Waals surface area (Å²) in [4.78, 5) is -0.643. The van der Waals surface area contributed by atoms with Gasteiger partial charge in [-0.3, -0.25) is 0 Å². The Morgan fingerprint density at radius 1 is 0.947 bits per heavy atom. The van der Waals surface area contributed by atoms with Crippen LogP contribution in [0.15, 0.2) is 30.3 Å². The zero-order valence-electron chi connectivity index (χ0n) is 9.85. The van der Waals surface area contributed by atoms with Crippen molar-refractivity contribution >= 4 is 27.5 Å². The lowest BCUT2D eigenvalue weighted by atomic mass is 10.0. The van der Waals surface area contributed by atoms with Crippen molar-refractivity contribution in [2.24, 2.45) is 0 Å². The number of hydrogen-bond donors (Lipinski definition) is 0. The van der Waals surface area contributed by atoms with Gasteiger partial charge in [-0.1, -0.05) is 39.7 Å². The van der Waals surface area contributed by atoms with Gasteiger partial charge in [-0.05, 0) is 36.2 Å². The third-order valence-corrected chi connectivity index (χ3v) is 4.06. The zero-order valence-corrected chi connectivity index (χ0v) is 12.2. The summed E-state index contributed by atoms with van der Waals surface area (Å²) >= 11 is 9.14. The van der Waals surface area contributed by atoms with Crippen LogP contribution in [0.3, 0.4) is 0 Å². The van der Waals surface area contributed by atoms with Crippen molar-refractivity contribution in [3.05, 3.63) is 69.5 Å². The first-order chi connectivity index (χ1) is 8.90. The van der Waals surface area contributed by atoms with Crippen molar-refractivity contribution in [3.63, 3.8) is 0 Å². The number of alkyl halides is 1. The van der Waals surface area contributed by atoms with Gasteiger partial charge in [-0.2, -0.15) is 0 Å². The van der Waals surface area contributed by atoms with Crippen LogP contribution in [0.2, 0.25) is 5.02 Å². The van der Waals surface area contributed by atoms with Crippen LogP contribution >= 0.6 is 27.5 Å². The Labute approximate surface area is 122 Å². The van der Waals surface area contributed by atoms with E-state index in [4.69, 9.17) is 11.6 Å². The van der Waals surface area contributed by atoms with Gasteiger partial charge >= 0.3 is 0 Å². The highest BCUT2D eigenvalue weighted by molar-refractivity contribution is 9.09. The lowest BCUT2D eigenvalue weighted by Crippen LogP contribution is -2.00. The molecule has 0 saturated heterocycles. The molecule has 0 aliphatic carbocycles. The molecule has 5 heteroatoms.